The van der Waals surface area contributed by atoms with Crippen LogP contribution in [0.25, 0.3) is 0 Å². The van der Waals surface area contributed by atoms with Crippen molar-refractivity contribution in [1.29, 1.82) is 0 Å². The number of hydrogen-bond donors (Lipinski definition) is 1. The van der Waals surface area contributed by atoms with Crippen molar-refractivity contribution >= 4 is 12.4 Å². The highest BCUT2D eigenvalue weighted by Gasteiger charge is 1.91. The normalized spacial score (nSPS) is 10.2. The van der Waals surface area contributed by atoms with E-state index in [9.17, 15) is 0 Å². The van der Waals surface area contributed by atoms with Gasteiger partial charge in [-0.15, -0.1) is 12.4 Å². The number of hydrogen-bond acceptors (Lipinski definition) is 2. The first kappa shape index (κ1) is 28.0. The van der Waals surface area contributed by atoms with E-state index in [2.05, 4.69) is 32.8 Å². The maximum atomic E-state index is 5.39. The maximum Gasteiger partial charge on any atom is -0.00248 e. The molecule has 0 atom stereocenters. The van der Waals surface area contributed by atoms with Crippen LogP contribution in [0, 0.1) is 0 Å². The molecule has 0 aliphatic carbocycles. The highest BCUT2D eigenvalue weighted by molar-refractivity contribution is 5.85. The van der Waals surface area contributed by atoms with Gasteiger partial charge in [-0.25, -0.2) is 0 Å². The van der Waals surface area contributed by atoms with Crippen LogP contribution in [-0.4, -0.2) is 32.1 Å². The van der Waals surface area contributed by atoms with Gasteiger partial charge in [-0.1, -0.05) is 90.9 Å². The minimum absolute atomic E-state index is 0. The summed E-state index contributed by atoms with van der Waals surface area (Å²) in [7, 11) is 4.29. The van der Waals surface area contributed by atoms with Gasteiger partial charge in [0.2, 0.25) is 0 Å². The number of rotatable bonds is 15. The first-order valence-corrected chi connectivity index (χ1v) is 10.0. The minimum Gasteiger partial charge on any atom is -0.330 e. The van der Waals surface area contributed by atoms with E-state index in [1.54, 1.807) is 0 Å². The van der Waals surface area contributed by atoms with E-state index < -0.39 is 0 Å². The average molecular weight is 351 g/mol. The lowest BCUT2D eigenvalue weighted by atomic mass is 10.1. The van der Waals surface area contributed by atoms with Gasteiger partial charge in [-0.3, -0.25) is 0 Å². The fraction of sp³-hybridized carbons (Fsp3) is 1.00. The zero-order valence-corrected chi connectivity index (χ0v) is 17.6. The second kappa shape index (κ2) is 27.1. The van der Waals surface area contributed by atoms with Gasteiger partial charge in [0.1, 0.15) is 0 Å². The van der Waals surface area contributed by atoms with Crippen molar-refractivity contribution in [3.05, 3.63) is 0 Å². The van der Waals surface area contributed by atoms with Crippen molar-refractivity contribution in [1.82, 2.24) is 4.90 Å². The predicted molar refractivity (Wildman–Crippen MR) is 111 cm³/mol. The van der Waals surface area contributed by atoms with Crippen LogP contribution in [-0.2, 0) is 0 Å². The van der Waals surface area contributed by atoms with Crippen molar-refractivity contribution in [3.63, 3.8) is 0 Å². The molecule has 0 aliphatic heterocycles. The first-order chi connectivity index (χ1) is 10.7. The molecule has 0 aromatic heterocycles. The summed E-state index contributed by atoms with van der Waals surface area (Å²) in [6.07, 6.45) is 19.4. The molecule has 0 unspecified atom stereocenters. The summed E-state index contributed by atoms with van der Waals surface area (Å²) in [4.78, 5) is 2.26. The Hall–Kier alpha value is 0.210. The Balaban J connectivity index is -0.000000333. The fourth-order valence-corrected chi connectivity index (χ4v) is 2.49. The highest BCUT2D eigenvalue weighted by atomic mass is 35.5. The Morgan fingerprint density at radius 2 is 0.913 bits per heavy atom. The monoisotopic (exact) mass is 350 g/mol. The second-order valence-corrected chi connectivity index (χ2v) is 6.83. The zero-order chi connectivity index (χ0) is 16.9. The van der Waals surface area contributed by atoms with E-state index >= 15 is 0 Å². The number of halogens is 1. The van der Waals surface area contributed by atoms with E-state index in [1.807, 2.05) is 0 Å². The first-order valence-electron chi connectivity index (χ1n) is 10.0. The summed E-state index contributed by atoms with van der Waals surface area (Å²) in [5, 5.41) is 0. The molecule has 2 N–H and O–H groups in total. The van der Waals surface area contributed by atoms with Gasteiger partial charge < -0.3 is 10.6 Å². The molecule has 0 spiro atoms. The highest BCUT2D eigenvalue weighted by Crippen LogP contribution is 2.07. The van der Waals surface area contributed by atoms with Crippen LogP contribution in [0.2, 0.25) is 0 Å². The fourth-order valence-electron chi connectivity index (χ4n) is 2.49. The van der Waals surface area contributed by atoms with Crippen molar-refractivity contribution < 1.29 is 0 Å². The SMILES string of the molecule is CCCCCCCCCCN.CCCCCCCCN(C)C.Cl. The molecular formula is C20H47ClN2. The van der Waals surface area contributed by atoms with E-state index in [-0.39, 0.29) is 12.4 Å². The molecule has 3 heteroatoms. The number of unbranched alkanes of at least 4 members (excludes halogenated alkanes) is 12. The van der Waals surface area contributed by atoms with Gasteiger partial charge in [0.05, 0.1) is 0 Å². The third-order valence-corrected chi connectivity index (χ3v) is 4.02. The smallest absolute Gasteiger partial charge is 0.00248 e. The van der Waals surface area contributed by atoms with Crippen LogP contribution in [0.1, 0.15) is 104 Å². The van der Waals surface area contributed by atoms with Gasteiger partial charge in [-0.05, 0) is 40.0 Å². The molecule has 2 nitrogen and oxygen atoms in total. The summed E-state index contributed by atoms with van der Waals surface area (Å²) in [5.74, 6) is 0. The van der Waals surface area contributed by atoms with Crippen LogP contribution >= 0.6 is 12.4 Å². The topological polar surface area (TPSA) is 29.3 Å². The van der Waals surface area contributed by atoms with E-state index in [1.165, 1.54) is 96.4 Å². The van der Waals surface area contributed by atoms with Gasteiger partial charge in [0.25, 0.3) is 0 Å². The van der Waals surface area contributed by atoms with Crippen molar-refractivity contribution in [3.8, 4) is 0 Å². The van der Waals surface area contributed by atoms with E-state index in [4.69, 9.17) is 5.73 Å². The molecule has 144 valence electrons. The quantitative estimate of drug-likeness (QED) is 0.345. The summed E-state index contributed by atoms with van der Waals surface area (Å²) in [5.41, 5.74) is 5.39. The second-order valence-electron chi connectivity index (χ2n) is 6.83. The molecule has 0 rings (SSSR count). The van der Waals surface area contributed by atoms with Crippen LogP contribution in [0.4, 0.5) is 0 Å². The molecule has 0 amide bonds. The summed E-state index contributed by atoms with van der Waals surface area (Å²) >= 11 is 0. The Morgan fingerprint density at radius 1 is 0.565 bits per heavy atom. The summed E-state index contributed by atoms with van der Waals surface area (Å²) in [6.45, 7) is 6.65. The Bertz CT molecular complexity index is 167. The predicted octanol–water partition coefficient (Wildman–Crippen LogP) is 6.42. The third kappa shape index (κ3) is 34.5. The molecule has 0 aromatic carbocycles. The van der Waals surface area contributed by atoms with Crippen molar-refractivity contribution in [2.24, 2.45) is 5.73 Å². The van der Waals surface area contributed by atoms with Crippen LogP contribution < -0.4 is 5.73 Å². The van der Waals surface area contributed by atoms with Crippen LogP contribution in [0.5, 0.6) is 0 Å². The minimum atomic E-state index is 0. The van der Waals surface area contributed by atoms with Gasteiger partial charge >= 0.3 is 0 Å². The standard InChI is InChI=1S/2C10H23N.ClH/c1-4-5-6-7-8-9-10-11(2)3;1-2-3-4-5-6-7-8-9-10-11;/h4-10H2,1-3H3;2-11H2,1H3;1H. The van der Waals surface area contributed by atoms with Gasteiger partial charge in [0.15, 0.2) is 0 Å². The Labute approximate surface area is 154 Å². The molecule has 23 heavy (non-hydrogen) atoms. The van der Waals surface area contributed by atoms with Crippen molar-refractivity contribution in [2.75, 3.05) is 27.2 Å². The molecule has 0 heterocycles. The van der Waals surface area contributed by atoms with Crippen LogP contribution in [0.15, 0.2) is 0 Å². The maximum absolute atomic E-state index is 5.39. The van der Waals surface area contributed by atoms with Crippen molar-refractivity contribution in [2.45, 2.75) is 104 Å². The molecule has 0 aliphatic rings. The molecule has 0 saturated carbocycles. The molecule has 0 aromatic rings. The van der Waals surface area contributed by atoms with E-state index in [0.717, 1.165) is 6.54 Å². The van der Waals surface area contributed by atoms with Gasteiger partial charge in [0, 0.05) is 0 Å². The molecular weight excluding hydrogens is 304 g/mol. The molecule has 0 saturated heterocycles. The lowest BCUT2D eigenvalue weighted by Gasteiger charge is -2.08. The molecule has 0 radical (unpaired) electrons. The van der Waals surface area contributed by atoms with E-state index in [0.29, 0.717) is 0 Å². The largest absolute Gasteiger partial charge is 0.330 e. The zero-order valence-electron chi connectivity index (χ0n) is 16.7. The third-order valence-electron chi connectivity index (χ3n) is 4.02. The molecule has 0 fully saturated rings. The molecule has 0 bridgehead atoms. The summed E-state index contributed by atoms with van der Waals surface area (Å²) in [6, 6.07) is 0. The lowest BCUT2D eigenvalue weighted by Crippen LogP contribution is -2.12. The average Bonchev–Trinajstić information content (AvgIpc) is 2.50. The Kier molecular flexibility index (Phi) is 33.0. The number of nitrogens with two attached hydrogens (primary N) is 1. The Morgan fingerprint density at radius 3 is 1.26 bits per heavy atom. The summed E-state index contributed by atoms with van der Waals surface area (Å²) < 4.78 is 0. The number of nitrogens with zero attached hydrogens (tertiary/aromatic N) is 1. The van der Waals surface area contributed by atoms with Crippen LogP contribution in [0.3, 0.4) is 0 Å². The lowest BCUT2D eigenvalue weighted by molar-refractivity contribution is 0.389. The van der Waals surface area contributed by atoms with Gasteiger partial charge in [-0.2, -0.15) is 0 Å².